The van der Waals surface area contributed by atoms with Crippen molar-refractivity contribution >= 4 is 40.8 Å². The summed E-state index contributed by atoms with van der Waals surface area (Å²) in [5.74, 6) is -0.131. The molecule has 2 N–H and O–H groups in total. The molecule has 0 aliphatic carbocycles. The molecule has 1 spiro atoms. The molecule has 34 heavy (non-hydrogen) atoms. The van der Waals surface area contributed by atoms with E-state index in [-0.39, 0.29) is 22.9 Å². The predicted molar refractivity (Wildman–Crippen MR) is 126 cm³/mol. The molecule has 10 nitrogen and oxygen atoms in total. The fraction of sp³-hybridized carbons (Fsp3) is 0.261. The Bertz CT molecular complexity index is 1380. The van der Waals surface area contributed by atoms with Gasteiger partial charge in [0.25, 0.3) is 11.5 Å². The normalized spacial score (nSPS) is 18.5. The molecule has 0 radical (unpaired) electrons. The first-order valence-electron chi connectivity index (χ1n) is 10.5. The number of pyridine rings is 1. The number of nitrogens with one attached hydrogen (secondary N) is 2. The van der Waals surface area contributed by atoms with Gasteiger partial charge in [-0.2, -0.15) is 0 Å². The minimum Gasteiger partial charge on any atom is -0.443 e. The summed E-state index contributed by atoms with van der Waals surface area (Å²) >= 11 is 6.48. The summed E-state index contributed by atoms with van der Waals surface area (Å²) in [4.78, 5) is 49.2. The summed E-state index contributed by atoms with van der Waals surface area (Å²) in [6, 6.07) is 10.0. The number of halogens is 1. The quantitative estimate of drug-likeness (QED) is 0.578. The van der Waals surface area contributed by atoms with Crippen molar-refractivity contribution in [2.75, 3.05) is 16.8 Å². The highest BCUT2D eigenvalue weighted by Crippen LogP contribution is 2.44. The third-order valence-electron chi connectivity index (χ3n) is 5.56. The van der Waals surface area contributed by atoms with Crippen molar-refractivity contribution in [3.63, 3.8) is 0 Å². The summed E-state index contributed by atoms with van der Waals surface area (Å²) in [5, 5.41) is 5.93. The summed E-state index contributed by atoms with van der Waals surface area (Å²) in [6.07, 6.45) is 2.28. The second-order valence-corrected chi connectivity index (χ2v) is 9.42. The zero-order chi connectivity index (χ0) is 24.3. The molecule has 2 aliphatic heterocycles. The van der Waals surface area contributed by atoms with Crippen molar-refractivity contribution < 1.29 is 14.3 Å². The second kappa shape index (κ2) is 7.56. The number of benzene rings is 1. The molecule has 1 unspecified atom stereocenters. The molecule has 2 aromatic heterocycles. The highest BCUT2D eigenvalue weighted by atomic mass is 35.5. The number of ether oxygens (including phenoxy) is 1. The maximum atomic E-state index is 13.7. The number of fused-ring (bicyclic) bond motifs is 4. The maximum absolute atomic E-state index is 13.7. The van der Waals surface area contributed by atoms with Gasteiger partial charge in [0.05, 0.1) is 17.3 Å². The van der Waals surface area contributed by atoms with E-state index in [1.54, 1.807) is 51.1 Å². The fourth-order valence-electron chi connectivity index (χ4n) is 4.29. The molecule has 0 saturated heterocycles. The van der Waals surface area contributed by atoms with Crippen LogP contribution in [0, 0.1) is 0 Å². The van der Waals surface area contributed by atoms with Gasteiger partial charge in [-0.15, -0.1) is 0 Å². The van der Waals surface area contributed by atoms with Crippen molar-refractivity contribution in [3.8, 4) is 0 Å². The average Bonchev–Trinajstić information content (AvgIpc) is 3.27. The number of para-hydroxylation sites is 1. The lowest BCUT2D eigenvalue weighted by molar-refractivity contribution is 0.0572. The number of carbonyl (C=O) groups excluding carboxylic acids is 2. The Morgan fingerprint density at radius 2 is 2.00 bits per heavy atom. The third-order valence-corrected chi connectivity index (χ3v) is 5.85. The van der Waals surface area contributed by atoms with E-state index in [9.17, 15) is 14.4 Å². The van der Waals surface area contributed by atoms with Crippen molar-refractivity contribution in [2.24, 2.45) is 0 Å². The first-order chi connectivity index (χ1) is 16.1. The molecule has 5 rings (SSSR count). The largest absolute Gasteiger partial charge is 0.443 e. The van der Waals surface area contributed by atoms with Crippen molar-refractivity contribution in [3.05, 3.63) is 75.6 Å². The molecule has 4 heterocycles. The molecule has 0 saturated carbocycles. The molecular weight excluding hydrogens is 460 g/mol. The first-order valence-corrected chi connectivity index (χ1v) is 10.9. The molecule has 0 bridgehead atoms. The SMILES string of the molecule is CC(C)(C)OC(=O)N1CC2(NC(=O)c3c(Cl)cc(Nc4ccncn4)c(=O)n32)c2ccccc21. The smallest absolute Gasteiger partial charge is 0.414 e. The highest BCUT2D eigenvalue weighted by Gasteiger charge is 2.54. The number of anilines is 3. The zero-order valence-electron chi connectivity index (χ0n) is 18.6. The van der Waals surface area contributed by atoms with Gasteiger partial charge in [-0.25, -0.2) is 14.8 Å². The van der Waals surface area contributed by atoms with Crippen LogP contribution in [0.25, 0.3) is 0 Å². The monoisotopic (exact) mass is 480 g/mol. The van der Waals surface area contributed by atoms with Crippen molar-refractivity contribution in [1.82, 2.24) is 19.9 Å². The van der Waals surface area contributed by atoms with E-state index in [0.717, 1.165) is 0 Å². The van der Waals surface area contributed by atoms with Gasteiger partial charge in [0.15, 0.2) is 5.66 Å². The number of amides is 2. The van der Waals surface area contributed by atoms with E-state index >= 15 is 0 Å². The molecule has 2 aliphatic rings. The minimum absolute atomic E-state index is 0.0146. The zero-order valence-corrected chi connectivity index (χ0v) is 19.4. The Balaban J connectivity index is 1.68. The van der Waals surface area contributed by atoms with Crippen LogP contribution in [-0.4, -0.2) is 38.7 Å². The van der Waals surface area contributed by atoms with Gasteiger partial charge in [-0.05, 0) is 39.0 Å². The Hall–Kier alpha value is -3.92. The van der Waals surface area contributed by atoms with Crippen LogP contribution in [0.4, 0.5) is 22.0 Å². The van der Waals surface area contributed by atoms with Gasteiger partial charge in [-0.1, -0.05) is 29.8 Å². The number of rotatable bonds is 2. The highest BCUT2D eigenvalue weighted by molar-refractivity contribution is 6.34. The topological polar surface area (TPSA) is 118 Å². The average molecular weight is 481 g/mol. The van der Waals surface area contributed by atoms with E-state index in [0.29, 0.717) is 17.1 Å². The molecule has 3 aromatic rings. The van der Waals surface area contributed by atoms with E-state index in [1.165, 1.54) is 28.1 Å². The van der Waals surface area contributed by atoms with Crippen LogP contribution in [-0.2, 0) is 10.4 Å². The number of hydrogen-bond donors (Lipinski definition) is 2. The van der Waals surface area contributed by atoms with E-state index in [4.69, 9.17) is 16.3 Å². The molecule has 2 amide bonds. The molecular formula is C23H21ClN6O4. The Labute approximate surface area is 199 Å². The van der Waals surface area contributed by atoms with Crippen LogP contribution in [0.1, 0.15) is 36.8 Å². The summed E-state index contributed by atoms with van der Waals surface area (Å²) in [5.41, 5.74) is -1.35. The standard InChI is InChI=1S/C23H21ClN6O4/c1-22(2,3)34-21(33)29-11-23(13-6-4-5-7-16(13)29)28-19(31)18-14(24)10-15(20(32)30(18)23)27-17-8-9-25-12-26-17/h4-10,12H,11H2,1-3H3,(H,28,31)(H,25,26,27). The van der Waals surface area contributed by atoms with Crippen LogP contribution in [0.5, 0.6) is 0 Å². The van der Waals surface area contributed by atoms with E-state index < -0.39 is 28.8 Å². The lowest BCUT2D eigenvalue weighted by Crippen LogP contribution is -2.52. The third kappa shape index (κ3) is 3.38. The van der Waals surface area contributed by atoms with Gasteiger partial charge in [0.1, 0.15) is 29.1 Å². The molecule has 174 valence electrons. The van der Waals surface area contributed by atoms with Gasteiger partial charge >= 0.3 is 6.09 Å². The van der Waals surface area contributed by atoms with Gasteiger partial charge in [0.2, 0.25) is 0 Å². The molecule has 1 atom stereocenters. The van der Waals surface area contributed by atoms with Crippen molar-refractivity contribution in [1.29, 1.82) is 0 Å². The van der Waals surface area contributed by atoms with Crippen LogP contribution in [0.3, 0.4) is 0 Å². The number of nitrogens with zero attached hydrogens (tertiary/aromatic N) is 4. The fourth-order valence-corrected chi connectivity index (χ4v) is 4.57. The van der Waals surface area contributed by atoms with Crippen LogP contribution < -0.4 is 21.1 Å². The molecule has 1 aromatic carbocycles. The van der Waals surface area contributed by atoms with E-state index in [2.05, 4.69) is 20.6 Å². The summed E-state index contributed by atoms with van der Waals surface area (Å²) in [7, 11) is 0. The Morgan fingerprint density at radius 1 is 1.24 bits per heavy atom. The maximum Gasteiger partial charge on any atom is 0.414 e. The predicted octanol–water partition coefficient (Wildman–Crippen LogP) is 3.23. The number of carbonyl (C=O) groups is 2. The van der Waals surface area contributed by atoms with Crippen LogP contribution in [0.15, 0.2) is 53.7 Å². The molecule has 11 heteroatoms. The summed E-state index contributed by atoms with van der Waals surface area (Å²) < 4.78 is 6.90. The lowest BCUT2D eigenvalue weighted by atomic mass is 10.0. The lowest BCUT2D eigenvalue weighted by Gasteiger charge is -2.29. The second-order valence-electron chi connectivity index (χ2n) is 9.01. The van der Waals surface area contributed by atoms with Gasteiger partial charge in [-0.3, -0.25) is 19.1 Å². The van der Waals surface area contributed by atoms with Crippen LogP contribution >= 0.6 is 11.6 Å². The Morgan fingerprint density at radius 3 is 2.71 bits per heavy atom. The number of hydrogen-bond acceptors (Lipinski definition) is 7. The van der Waals surface area contributed by atoms with Crippen LogP contribution in [0.2, 0.25) is 5.02 Å². The number of aromatic nitrogens is 3. The summed E-state index contributed by atoms with van der Waals surface area (Å²) in [6.45, 7) is 5.26. The van der Waals surface area contributed by atoms with Gasteiger partial charge in [0, 0.05) is 11.8 Å². The van der Waals surface area contributed by atoms with Crippen molar-refractivity contribution in [2.45, 2.75) is 32.0 Å². The molecule has 0 fully saturated rings. The Kier molecular flexibility index (Phi) is 4.87. The van der Waals surface area contributed by atoms with E-state index in [1.807, 2.05) is 0 Å². The minimum atomic E-state index is -1.36. The first kappa shape index (κ1) is 21.9. The van der Waals surface area contributed by atoms with Gasteiger partial charge < -0.3 is 15.4 Å².